The fraction of sp³-hybridized carbons (Fsp3) is 0.765. The summed E-state index contributed by atoms with van der Waals surface area (Å²) in [6.45, 7) is 8.67. The van der Waals surface area contributed by atoms with Crippen molar-refractivity contribution in [3.8, 4) is 0 Å². The standard InChI is InChI=1S/C17H29NO3S/c1-5-8-14(18-21-6-2)17-15(19)10-13(11-16(17)20)9-12(4)22-7-3/h12-13,19H,5-11H2,1-4H3/t12-,13-/m0/s1. The number of nitrogens with zero attached hydrogens (tertiary/aromatic N) is 1. The molecule has 22 heavy (non-hydrogen) atoms. The Morgan fingerprint density at radius 3 is 2.68 bits per heavy atom. The van der Waals surface area contributed by atoms with Crippen LogP contribution < -0.4 is 0 Å². The van der Waals surface area contributed by atoms with Gasteiger partial charge in [-0.3, -0.25) is 4.79 Å². The summed E-state index contributed by atoms with van der Waals surface area (Å²) in [6.07, 6.45) is 3.56. The molecule has 0 unspecified atom stereocenters. The Balaban J connectivity index is 2.85. The fourth-order valence-electron chi connectivity index (χ4n) is 2.88. The molecule has 0 spiro atoms. The number of aliphatic hydroxyl groups excluding tert-OH is 1. The van der Waals surface area contributed by atoms with E-state index in [4.69, 9.17) is 4.84 Å². The Hall–Kier alpha value is -0.970. The van der Waals surface area contributed by atoms with Crippen LogP contribution in [0.2, 0.25) is 0 Å². The van der Waals surface area contributed by atoms with Crippen molar-refractivity contribution in [2.45, 2.75) is 65.0 Å². The van der Waals surface area contributed by atoms with Crippen molar-refractivity contribution in [3.63, 3.8) is 0 Å². The lowest BCUT2D eigenvalue weighted by atomic mass is 9.82. The second-order valence-electron chi connectivity index (χ2n) is 5.73. The highest BCUT2D eigenvalue weighted by atomic mass is 32.2. The summed E-state index contributed by atoms with van der Waals surface area (Å²) in [5.41, 5.74) is 1.00. The molecule has 1 N–H and O–H groups in total. The Labute approximate surface area is 138 Å². The van der Waals surface area contributed by atoms with E-state index in [0.29, 0.717) is 42.4 Å². The lowest BCUT2D eigenvalue weighted by molar-refractivity contribution is -0.116. The molecule has 126 valence electrons. The van der Waals surface area contributed by atoms with Gasteiger partial charge in [-0.05, 0) is 31.4 Å². The minimum absolute atomic E-state index is 0.00866. The Morgan fingerprint density at radius 2 is 2.14 bits per heavy atom. The third-order valence-corrected chi connectivity index (χ3v) is 4.81. The third-order valence-electron chi connectivity index (χ3n) is 3.72. The van der Waals surface area contributed by atoms with Gasteiger partial charge in [0.15, 0.2) is 5.78 Å². The molecule has 0 saturated carbocycles. The quantitative estimate of drug-likeness (QED) is 0.500. The number of aliphatic hydroxyl groups is 1. The molecule has 0 fully saturated rings. The number of carbonyl (C=O) groups is 1. The number of oxime groups is 1. The molecule has 0 aliphatic heterocycles. The molecule has 1 aliphatic rings. The summed E-state index contributed by atoms with van der Waals surface area (Å²) >= 11 is 1.90. The van der Waals surface area contributed by atoms with E-state index in [0.717, 1.165) is 18.6 Å². The first-order valence-electron chi connectivity index (χ1n) is 8.29. The summed E-state index contributed by atoms with van der Waals surface area (Å²) in [4.78, 5) is 17.6. The largest absolute Gasteiger partial charge is 0.511 e. The molecular formula is C17H29NO3S. The highest BCUT2D eigenvalue weighted by Gasteiger charge is 2.31. The molecule has 0 bridgehead atoms. The lowest BCUT2D eigenvalue weighted by Gasteiger charge is -2.25. The minimum Gasteiger partial charge on any atom is -0.511 e. The van der Waals surface area contributed by atoms with Gasteiger partial charge in [-0.15, -0.1) is 0 Å². The average molecular weight is 327 g/mol. The maximum Gasteiger partial charge on any atom is 0.168 e. The zero-order valence-corrected chi connectivity index (χ0v) is 15.0. The maximum absolute atomic E-state index is 12.5. The number of carbonyl (C=O) groups excluding carboxylic acids is 1. The van der Waals surface area contributed by atoms with Crippen LogP contribution in [0.5, 0.6) is 0 Å². The molecule has 2 atom stereocenters. The van der Waals surface area contributed by atoms with Crippen molar-refractivity contribution >= 4 is 23.3 Å². The van der Waals surface area contributed by atoms with Crippen molar-refractivity contribution < 1.29 is 14.7 Å². The molecule has 0 amide bonds. The van der Waals surface area contributed by atoms with Crippen LogP contribution in [0.15, 0.2) is 16.5 Å². The molecule has 5 heteroatoms. The van der Waals surface area contributed by atoms with E-state index < -0.39 is 0 Å². The fourth-order valence-corrected chi connectivity index (χ4v) is 3.86. The summed E-state index contributed by atoms with van der Waals surface area (Å²) < 4.78 is 0. The van der Waals surface area contributed by atoms with Crippen LogP contribution in [-0.2, 0) is 9.63 Å². The highest BCUT2D eigenvalue weighted by molar-refractivity contribution is 7.99. The van der Waals surface area contributed by atoms with Crippen molar-refractivity contribution in [1.29, 1.82) is 0 Å². The van der Waals surface area contributed by atoms with Crippen LogP contribution in [0.3, 0.4) is 0 Å². The van der Waals surface area contributed by atoms with E-state index in [1.165, 1.54) is 0 Å². The van der Waals surface area contributed by atoms with E-state index in [-0.39, 0.29) is 17.5 Å². The van der Waals surface area contributed by atoms with Gasteiger partial charge in [0.1, 0.15) is 12.4 Å². The predicted molar refractivity (Wildman–Crippen MR) is 93.6 cm³/mol. The van der Waals surface area contributed by atoms with Gasteiger partial charge in [0, 0.05) is 18.1 Å². The topological polar surface area (TPSA) is 58.9 Å². The Bertz CT molecular complexity index is 432. The van der Waals surface area contributed by atoms with Gasteiger partial charge in [0.05, 0.1) is 11.3 Å². The molecule has 4 nitrogen and oxygen atoms in total. The van der Waals surface area contributed by atoms with E-state index in [9.17, 15) is 9.90 Å². The summed E-state index contributed by atoms with van der Waals surface area (Å²) in [5.74, 6) is 1.52. The molecule has 1 rings (SSSR count). The number of ketones is 1. The summed E-state index contributed by atoms with van der Waals surface area (Å²) in [5, 5.41) is 14.9. The second kappa shape index (κ2) is 9.93. The summed E-state index contributed by atoms with van der Waals surface area (Å²) in [7, 11) is 0. The van der Waals surface area contributed by atoms with Crippen LogP contribution >= 0.6 is 11.8 Å². The van der Waals surface area contributed by atoms with Crippen molar-refractivity contribution in [2.24, 2.45) is 11.1 Å². The van der Waals surface area contributed by atoms with Crippen LogP contribution in [-0.4, -0.2) is 34.2 Å². The van der Waals surface area contributed by atoms with Gasteiger partial charge in [-0.25, -0.2) is 0 Å². The monoisotopic (exact) mass is 327 g/mol. The Morgan fingerprint density at radius 1 is 1.41 bits per heavy atom. The third kappa shape index (κ3) is 5.67. The van der Waals surface area contributed by atoms with Crippen molar-refractivity contribution in [2.75, 3.05) is 12.4 Å². The van der Waals surface area contributed by atoms with Crippen molar-refractivity contribution in [1.82, 2.24) is 0 Å². The zero-order chi connectivity index (χ0) is 16.5. The first-order chi connectivity index (χ1) is 10.5. The van der Waals surface area contributed by atoms with Crippen LogP contribution in [0.4, 0.5) is 0 Å². The van der Waals surface area contributed by atoms with E-state index >= 15 is 0 Å². The highest BCUT2D eigenvalue weighted by Crippen LogP contribution is 2.32. The van der Waals surface area contributed by atoms with Crippen LogP contribution in [0.1, 0.15) is 59.8 Å². The van der Waals surface area contributed by atoms with E-state index in [1.54, 1.807) is 0 Å². The number of hydrogen-bond acceptors (Lipinski definition) is 5. The average Bonchev–Trinajstić information content (AvgIpc) is 2.44. The van der Waals surface area contributed by atoms with E-state index in [1.807, 2.05) is 25.6 Å². The van der Waals surface area contributed by atoms with Gasteiger partial charge in [-0.2, -0.15) is 11.8 Å². The number of allylic oxidation sites excluding steroid dienone is 2. The van der Waals surface area contributed by atoms with Gasteiger partial charge in [0.25, 0.3) is 0 Å². The normalized spacial score (nSPS) is 21.2. The molecule has 0 aromatic heterocycles. The molecule has 0 heterocycles. The van der Waals surface area contributed by atoms with Crippen LogP contribution in [0.25, 0.3) is 0 Å². The Kier molecular flexibility index (Phi) is 8.61. The lowest BCUT2D eigenvalue weighted by Crippen LogP contribution is -2.26. The SMILES string of the molecule is CCCC(=NOCC)C1=C(O)C[C@H](C[C@H](C)SCC)CC1=O. The molecule has 1 aliphatic carbocycles. The first-order valence-corrected chi connectivity index (χ1v) is 9.34. The number of hydrogen-bond donors (Lipinski definition) is 1. The summed E-state index contributed by atoms with van der Waals surface area (Å²) in [6, 6.07) is 0. The zero-order valence-electron chi connectivity index (χ0n) is 14.2. The number of rotatable bonds is 9. The second-order valence-corrected chi connectivity index (χ2v) is 7.44. The first kappa shape index (κ1) is 19.1. The van der Waals surface area contributed by atoms with Crippen LogP contribution in [0, 0.1) is 5.92 Å². The molecule has 0 aromatic rings. The molecular weight excluding hydrogens is 298 g/mol. The molecule has 0 saturated heterocycles. The smallest absolute Gasteiger partial charge is 0.168 e. The van der Waals surface area contributed by atoms with Gasteiger partial charge in [-0.1, -0.05) is 32.3 Å². The van der Waals surface area contributed by atoms with E-state index in [2.05, 4.69) is 19.0 Å². The predicted octanol–water partition coefficient (Wildman–Crippen LogP) is 4.50. The number of thioether (sulfide) groups is 1. The van der Waals surface area contributed by atoms with Gasteiger partial charge >= 0.3 is 0 Å². The molecule has 0 radical (unpaired) electrons. The van der Waals surface area contributed by atoms with Gasteiger partial charge < -0.3 is 9.94 Å². The number of Topliss-reactive ketones (excluding diaryl/α,β-unsaturated/α-hetero) is 1. The van der Waals surface area contributed by atoms with Gasteiger partial charge in [0.2, 0.25) is 0 Å². The maximum atomic E-state index is 12.5. The van der Waals surface area contributed by atoms with Crippen molar-refractivity contribution in [3.05, 3.63) is 11.3 Å². The minimum atomic E-state index is 0.00866. The molecule has 0 aromatic carbocycles.